The minimum Gasteiger partial charge on any atom is -0.492 e. The molecule has 1 aliphatic rings. The Morgan fingerprint density at radius 3 is 2.51 bits per heavy atom. The number of hydrogen-bond donors (Lipinski definition) is 1. The number of halogens is 1. The molecule has 214 valence electrons. The molecule has 1 aliphatic heterocycles. The van der Waals surface area contributed by atoms with E-state index in [-0.39, 0.29) is 23.5 Å². The molecular formula is C32H36FN5O3. The Morgan fingerprint density at radius 2 is 1.73 bits per heavy atom. The first-order chi connectivity index (χ1) is 20.0. The number of aromatic nitrogens is 2. The molecule has 0 atom stereocenters. The zero-order valence-electron chi connectivity index (χ0n) is 23.4. The van der Waals surface area contributed by atoms with Gasteiger partial charge in [0.05, 0.1) is 35.4 Å². The number of carbonyl (C=O) groups excluding carboxylic acids is 1. The second kappa shape index (κ2) is 13.4. The van der Waals surface area contributed by atoms with Crippen LogP contribution in [-0.2, 0) is 11.3 Å². The van der Waals surface area contributed by atoms with Crippen molar-refractivity contribution in [3.63, 3.8) is 0 Å². The van der Waals surface area contributed by atoms with Crippen LogP contribution < -0.4 is 20.5 Å². The number of benzene rings is 3. The Bertz CT molecular complexity index is 1530. The van der Waals surface area contributed by atoms with E-state index in [9.17, 15) is 14.0 Å². The van der Waals surface area contributed by atoms with Gasteiger partial charge in [0.15, 0.2) is 0 Å². The summed E-state index contributed by atoms with van der Waals surface area (Å²) in [5.41, 5.74) is 1.76. The first-order valence-corrected chi connectivity index (χ1v) is 14.3. The van der Waals surface area contributed by atoms with E-state index in [0.717, 1.165) is 57.0 Å². The van der Waals surface area contributed by atoms with Crippen molar-refractivity contribution in [2.75, 3.05) is 44.2 Å². The van der Waals surface area contributed by atoms with Crippen molar-refractivity contribution in [1.82, 2.24) is 19.8 Å². The first-order valence-electron chi connectivity index (χ1n) is 14.3. The standard InChI is InChI=1S/C32H36FN5O3/c1-2-41-29-13-7-6-12-28(29)37-20-18-36(19-21-37)17-9-8-14-31(39)34-23-30-35-27-22-24(33)15-16-26(27)32(40)38(30)25-10-4-3-5-11-25/h3-7,10-13,15-16,22H,2,8-9,14,17-21,23H2,1H3,(H,34,39). The van der Waals surface area contributed by atoms with E-state index < -0.39 is 5.82 Å². The summed E-state index contributed by atoms with van der Waals surface area (Å²) in [6.07, 6.45) is 2.08. The summed E-state index contributed by atoms with van der Waals surface area (Å²) in [7, 11) is 0. The van der Waals surface area contributed by atoms with Gasteiger partial charge in [-0.2, -0.15) is 0 Å². The molecular weight excluding hydrogens is 521 g/mol. The average Bonchev–Trinajstić information content (AvgIpc) is 2.99. The lowest BCUT2D eigenvalue weighted by Crippen LogP contribution is -2.46. The summed E-state index contributed by atoms with van der Waals surface area (Å²) in [5, 5.41) is 3.23. The number of piperazine rings is 1. The van der Waals surface area contributed by atoms with Gasteiger partial charge in [0.1, 0.15) is 17.4 Å². The number of hydrogen-bond acceptors (Lipinski definition) is 6. The predicted octanol–water partition coefficient (Wildman–Crippen LogP) is 4.53. The number of carbonyl (C=O) groups is 1. The maximum Gasteiger partial charge on any atom is 0.266 e. The van der Waals surface area contributed by atoms with Gasteiger partial charge in [0.25, 0.3) is 5.56 Å². The van der Waals surface area contributed by atoms with E-state index >= 15 is 0 Å². The number of rotatable bonds is 11. The zero-order valence-corrected chi connectivity index (χ0v) is 23.4. The van der Waals surface area contributed by atoms with E-state index in [4.69, 9.17) is 4.74 Å². The molecule has 1 N–H and O–H groups in total. The summed E-state index contributed by atoms with van der Waals surface area (Å²) in [5.74, 6) is 0.724. The molecule has 0 spiro atoms. The number of amides is 1. The smallest absolute Gasteiger partial charge is 0.266 e. The summed E-state index contributed by atoms with van der Waals surface area (Å²) >= 11 is 0. The van der Waals surface area contributed by atoms with Gasteiger partial charge in [0.2, 0.25) is 5.91 Å². The molecule has 3 aromatic carbocycles. The van der Waals surface area contributed by atoms with E-state index in [1.54, 1.807) is 12.1 Å². The van der Waals surface area contributed by atoms with Gasteiger partial charge in [-0.1, -0.05) is 30.3 Å². The molecule has 0 radical (unpaired) electrons. The van der Waals surface area contributed by atoms with Crippen LogP contribution in [0.1, 0.15) is 32.0 Å². The van der Waals surface area contributed by atoms with E-state index in [1.165, 1.54) is 22.8 Å². The van der Waals surface area contributed by atoms with Gasteiger partial charge in [-0.15, -0.1) is 0 Å². The SMILES string of the molecule is CCOc1ccccc1N1CCN(CCCCC(=O)NCc2nc3cc(F)ccc3c(=O)n2-c2ccccc2)CC1. The number of nitrogens with one attached hydrogen (secondary N) is 1. The van der Waals surface area contributed by atoms with Crippen LogP contribution in [0.25, 0.3) is 16.6 Å². The van der Waals surface area contributed by atoms with Crippen molar-refractivity contribution in [3.05, 3.63) is 94.8 Å². The highest BCUT2D eigenvalue weighted by molar-refractivity contribution is 5.78. The highest BCUT2D eigenvalue weighted by atomic mass is 19.1. The number of nitrogens with zero attached hydrogens (tertiary/aromatic N) is 4. The topological polar surface area (TPSA) is 79.7 Å². The molecule has 1 saturated heterocycles. The van der Waals surface area contributed by atoms with Gasteiger partial charge in [-0.05, 0) is 62.7 Å². The summed E-state index contributed by atoms with van der Waals surface area (Å²) in [6, 6.07) is 21.3. The van der Waals surface area contributed by atoms with Crippen molar-refractivity contribution < 1.29 is 13.9 Å². The molecule has 1 fully saturated rings. The Labute approximate surface area is 239 Å². The third-order valence-corrected chi connectivity index (χ3v) is 7.37. The molecule has 1 amide bonds. The number of anilines is 1. The fourth-order valence-corrected chi connectivity index (χ4v) is 5.26. The molecule has 0 bridgehead atoms. The third kappa shape index (κ3) is 6.92. The number of para-hydroxylation sites is 3. The molecule has 1 aromatic heterocycles. The fourth-order valence-electron chi connectivity index (χ4n) is 5.26. The second-order valence-electron chi connectivity index (χ2n) is 10.1. The molecule has 9 heteroatoms. The van der Waals surface area contributed by atoms with Crippen molar-refractivity contribution in [2.45, 2.75) is 32.7 Å². The molecule has 0 saturated carbocycles. The Hall–Kier alpha value is -4.24. The van der Waals surface area contributed by atoms with Crippen LogP contribution in [0.2, 0.25) is 0 Å². The lowest BCUT2D eigenvalue weighted by Gasteiger charge is -2.36. The van der Waals surface area contributed by atoms with Crippen molar-refractivity contribution in [1.29, 1.82) is 0 Å². The molecule has 5 rings (SSSR count). The predicted molar refractivity (Wildman–Crippen MR) is 159 cm³/mol. The number of unbranched alkanes of at least 4 members (excludes halogenated alkanes) is 1. The van der Waals surface area contributed by atoms with Crippen LogP contribution in [0, 0.1) is 5.82 Å². The largest absolute Gasteiger partial charge is 0.492 e. The van der Waals surface area contributed by atoms with Crippen LogP contribution in [0.3, 0.4) is 0 Å². The molecule has 0 unspecified atom stereocenters. The lowest BCUT2D eigenvalue weighted by atomic mass is 10.2. The minimum absolute atomic E-state index is 0.0700. The van der Waals surface area contributed by atoms with Gasteiger partial charge in [0, 0.05) is 38.7 Å². The molecule has 2 heterocycles. The maximum atomic E-state index is 13.9. The summed E-state index contributed by atoms with van der Waals surface area (Å²) in [6.45, 7) is 7.49. The van der Waals surface area contributed by atoms with Gasteiger partial charge >= 0.3 is 0 Å². The Morgan fingerprint density at radius 1 is 0.976 bits per heavy atom. The molecule has 0 aliphatic carbocycles. The van der Waals surface area contributed by atoms with Gasteiger partial charge in [-0.25, -0.2) is 9.37 Å². The number of fused-ring (bicyclic) bond motifs is 1. The van der Waals surface area contributed by atoms with E-state index in [0.29, 0.717) is 29.9 Å². The Kier molecular flexibility index (Phi) is 9.26. The highest BCUT2D eigenvalue weighted by Gasteiger charge is 2.19. The van der Waals surface area contributed by atoms with Crippen LogP contribution in [0.4, 0.5) is 10.1 Å². The van der Waals surface area contributed by atoms with E-state index in [2.05, 4.69) is 26.2 Å². The third-order valence-electron chi connectivity index (χ3n) is 7.37. The number of ether oxygens (including phenoxy) is 1. The lowest BCUT2D eigenvalue weighted by molar-refractivity contribution is -0.121. The van der Waals surface area contributed by atoms with Gasteiger partial charge in [-0.3, -0.25) is 19.1 Å². The van der Waals surface area contributed by atoms with Crippen molar-refractivity contribution in [3.8, 4) is 11.4 Å². The van der Waals surface area contributed by atoms with Crippen molar-refractivity contribution in [2.24, 2.45) is 0 Å². The summed E-state index contributed by atoms with van der Waals surface area (Å²) < 4.78 is 21.1. The van der Waals surface area contributed by atoms with Crippen LogP contribution in [-0.4, -0.2) is 59.7 Å². The van der Waals surface area contributed by atoms with E-state index in [1.807, 2.05) is 43.3 Å². The quantitative estimate of drug-likeness (QED) is 0.273. The first kappa shape index (κ1) is 28.3. The van der Waals surface area contributed by atoms with Crippen LogP contribution in [0.5, 0.6) is 5.75 Å². The monoisotopic (exact) mass is 557 g/mol. The zero-order chi connectivity index (χ0) is 28.6. The molecule has 41 heavy (non-hydrogen) atoms. The maximum absolute atomic E-state index is 13.9. The Balaban J connectivity index is 1.12. The van der Waals surface area contributed by atoms with Crippen LogP contribution in [0.15, 0.2) is 77.6 Å². The second-order valence-corrected chi connectivity index (χ2v) is 10.1. The highest BCUT2D eigenvalue weighted by Crippen LogP contribution is 2.28. The molecule has 8 nitrogen and oxygen atoms in total. The summed E-state index contributed by atoms with van der Waals surface area (Å²) in [4.78, 5) is 35.3. The van der Waals surface area contributed by atoms with Gasteiger partial charge < -0.3 is 15.0 Å². The van der Waals surface area contributed by atoms with Crippen molar-refractivity contribution >= 4 is 22.5 Å². The van der Waals surface area contributed by atoms with Crippen LogP contribution >= 0.6 is 0 Å². The normalized spacial score (nSPS) is 13.9. The molecule has 4 aromatic rings. The fraction of sp³-hybridized carbons (Fsp3) is 0.344. The minimum atomic E-state index is -0.464. The average molecular weight is 558 g/mol.